The lowest BCUT2D eigenvalue weighted by molar-refractivity contribution is -0.200. The van der Waals surface area contributed by atoms with Crippen LogP contribution in [0.3, 0.4) is 0 Å². The third kappa shape index (κ3) is 15.9. The van der Waals surface area contributed by atoms with Crippen LogP contribution in [0.5, 0.6) is 17.2 Å². The van der Waals surface area contributed by atoms with Crippen LogP contribution >= 0.6 is 31.0 Å². The molecule has 4 aliphatic rings. The van der Waals surface area contributed by atoms with Crippen LogP contribution in [0, 0.1) is 34.0 Å². The van der Waals surface area contributed by atoms with Crippen molar-refractivity contribution in [3.8, 4) is 35.5 Å². The van der Waals surface area contributed by atoms with E-state index in [0.717, 1.165) is 25.7 Å². The summed E-state index contributed by atoms with van der Waals surface area (Å²) in [6.45, 7) is 8.98. The predicted molar refractivity (Wildman–Crippen MR) is 361 cm³/mol. The van der Waals surface area contributed by atoms with Gasteiger partial charge in [0.05, 0.1) is 39.7 Å². The molecule has 11 rings (SSSR count). The molecule has 96 heavy (non-hydrogen) atoms. The Labute approximate surface area is 571 Å². The second-order valence-electron chi connectivity index (χ2n) is 26.4. The van der Waals surface area contributed by atoms with Gasteiger partial charge in [0.2, 0.25) is 0 Å². The number of benzene rings is 3. The van der Waals surface area contributed by atoms with Gasteiger partial charge in [-0.25, -0.2) is 23.6 Å². The van der Waals surface area contributed by atoms with Crippen molar-refractivity contribution in [3.63, 3.8) is 0 Å². The van der Waals surface area contributed by atoms with Crippen molar-refractivity contribution in [3.05, 3.63) is 136 Å². The van der Waals surface area contributed by atoms with Gasteiger partial charge in [0, 0.05) is 12.8 Å². The van der Waals surface area contributed by atoms with Crippen LogP contribution in [0.4, 0.5) is 11.6 Å². The van der Waals surface area contributed by atoms with Crippen molar-refractivity contribution < 1.29 is 51.3 Å². The van der Waals surface area contributed by atoms with Gasteiger partial charge in [0.15, 0.2) is 45.9 Å². The van der Waals surface area contributed by atoms with Gasteiger partial charge in [-0.05, 0) is 106 Å². The highest BCUT2D eigenvalue weighted by molar-refractivity contribution is 7.49. The molecule has 25 heteroatoms. The Morgan fingerprint density at radius 2 is 1.02 bits per heavy atom. The zero-order chi connectivity index (χ0) is 67.7. The Morgan fingerprint density at radius 3 is 1.46 bits per heavy atom. The van der Waals surface area contributed by atoms with E-state index in [1.54, 1.807) is 110 Å². The van der Waals surface area contributed by atoms with E-state index < -0.39 is 73.3 Å². The van der Waals surface area contributed by atoms with Crippen LogP contribution in [-0.4, -0.2) is 89.1 Å². The standard InChI is InChI=1S/C71H86Cl2N11O11P/c1-6-7-8-9-10-11-12-13-14-15-16-17-18-19-20-21-22-23-30-51(87-50-31-24-27-47(38-50)41-74)42-86-96(85,94-56-32-25-28-48(58(56)72)39-70(43-75)64-62(88-68(2,3)92-64)60(90-70)52-34-36-54-66(77)79-45-81-83(52)54)95-57-33-26-29-49(59(57)73)40-71(44-76)65-63(89-69(4,5)93-65)61(91-71)53-35-37-55-67(78)80-46-82-84(53)55/h24-29,31-38,45-46,51,60-65H,6-23,30,39-40,42H2,1-5H3,(H2,77,79,81)(H2,78,80,82)/t51-,60+,61+,62?,63?,64?,65?,70-,71-,96?/m1/s1. The Kier molecular flexibility index (Phi) is 22.5. The third-order valence-electron chi connectivity index (χ3n) is 18.4. The van der Waals surface area contributed by atoms with E-state index in [0.29, 0.717) is 51.3 Å². The maximum absolute atomic E-state index is 16.0. The number of nitrogens with two attached hydrogens (primary N) is 2. The summed E-state index contributed by atoms with van der Waals surface area (Å²) in [5.41, 5.74) is 12.3. The van der Waals surface area contributed by atoms with Gasteiger partial charge < -0.3 is 53.7 Å². The number of ether oxygens (including phenoxy) is 7. The summed E-state index contributed by atoms with van der Waals surface area (Å²) in [6, 6.07) is 30.5. The maximum atomic E-state index is 16.0. The van der Waals surface area contributed by atoms with Crippen LogP contribution in [0.2, 0.25) is 10.0 Å². The fraction of sp³-hybridized carbons (Fsp3) is 0.535. The molecule has 7 aromatic rings. The summed E-state index contributed by atoms with van der Waals surface area (Å²) in [5.74, 6) is -1.59. The lowest BCUT2D eigenvalue weighted by Crippen LogP contribution is -2.44. The van der Waals surface area contributed by atoms with E-state index in [4.69, 9.17) is 81.4 Å². The summed E-state index contributed by atoms with van der Waals surface area (Å²) in [6.07, 6.45) is 19.0. The molecule has 4 N–H and O–H groups in total. The zero-order valence-electron chi connectivity index (χ0n) is 55.2. The number of nitriles is 3. The van der Waals surface area contributed by atoms with E-state index in [-0.39, 0.29) is 52.6 Å². The van der Waals surface area contributed by atoms with Crippen molar-refractivity contribution in [1.82, 2.24) is 29.2 Å². The molecule has 4 aromatic heterocycles. The second kappa shape index (κ2) is 30.8. The molecule has 0 amide bonds. The van der Waals surface area contributed by atoms with E-state index in [1.165, 1.54) is 115 Å². The van der Waals surface area contributed by atoms with Crippen molar-refractivity contribution >= 4 is 53.7 Å². The molecule has 4 aliphatic heterocycles. The molecule has 4 fully saturated rings. The molecule has 3 aromatic carbocycles. The van der Waals surface area contributed by atoms with E-state index in [2.05, 4.69) is 45.3 Å². The van der Waals surface area contributed by atoms with Gasteiger partial charge >= 0.3 is 7.82 Å². The number of nitrogens with zero attached hydrogens (tertiary/aromatic N) is 9. The topological polar surface area (TPSA) is 293 Å². The predicted octanol–water partition coefficient (Wildman–Crippen LogP) is 15.8. The number of rotatable bonds is 34. The number of phosphoric acid groups is 1. The quantitative estimate of drug-likeness (QED) is 0.0280. The summed E-state index contributed by atoms with van der Waals surface area (Å²) in [7, 11) is -4.97. The van der Waals surface area contributed by atoms with E-state index in [1.807, 2.05) is 0 Å². The number of phosphoric ester groups is 1. The number of hydrogen-bond acceptors (Lipinski definition) is 20. The molecule has 8 heterocycles. The van der Waals surface area contributed by atoms with Crippen molar-refractivity contribution in [1.29, 1.82) is 15.8 Å². The maximum Gasteiger partial charge on any atom is 0.587 e. The number of anilines is 2. The smallest absolute Gasteiger partial charge is 0.488 e. The Balaban J connectivity index is 0.839. The molecule has 4 unspecified atom stereocenters. The first-order valence-electron chi connectivity index (χ1n) is 33.7. The Hall–Kier alpha value is -7.10. The molecule has 4 saturated heterocycles. The van der Waals surface area contributed by atoms with Gasteiger partial charge in [-0.2, -0.15) is 26.0 Å². The minimum absolute atomic E-state index is 0.0418. The number of hydrogen-bond donors (Lipinski definition) is 2. The number of fused-ring (bicyclic) bond motifs is 4. The average molecular weight is 1370 g/mol. The van der Waals surface area contributed by atoms with Crippen LogP contribution in [0.25, 0.3) is 11.0 Å². The summed E-state index contributed by atoms with van der Waals surface area (Å²) in [5, 5.41) is 41.2. The number of halogens is 2. The molecule has 0 saturated carbocycles. The highest BCUT2D eigenvalue weighted by Crippen LogP contribution is 2.57. The minimum Gasteiger partial charge on any atom is -0.488 e. The second-order valence-corrected chi connectivity index (χ2v) is 28.7. The first kappa shape index (κ1) is 70.2. The molecule has 9 atom stereocenters. The first-order valence-corrected chi connectivity index (χ1v) is 35.9. The lowest BCUT2D eigenvalue weighted by atomic mass is 9.88. The van der Waals surface area contributed by atoms with Gasteiger partial charge in [0.25, 0.3) is 0 Å². The van der Waals surface area contributed by atoms with Crippen LogP contribution in [0.15, 0.2) is 97.6 Å². The Morgan fingerprint density at radius 1 is 0.583 bits per heavy atom. The molecule has 0 aliphatic carbocycles. The fourth-order valence-electron chi connectivity index (χ4n) is 13.7. The molecule has 510 valence electrons. The highest BCUT2D eigenvalue weighted by atomic mass is 35.5. The van der Waals surface area contributed by atoms with Crippen molar-refractivity contribution in [2.75, 3.05) is 18.1 Å². The SMILES string of the molecule is CCCCCCCCCCCCCCCCCCCC[C@H](COP(=O)(Oc1cccc(C[C@]2(C#N)O[C@@H](c3ccc4c(N)ncnn34)C3OC(C)(C)OC32)c1Cl)Oc1cccc(C[C@]2(C#N)O[C@@H](c3ccc4c(N)ncnn34)C3OC(C)(C)OC32)c1Cl)Oc1cccc(C#N)c1. The number of unbranched alkanes of at least 4 members (excludes halogenated alkanes) is 17. The van der Waals surface area contributed by atoms with Gasteiger partial charge in [0.1, 0.15) is 84.3 Å². The lowest BCUT2D eigenvalue weighted by Gasteiger charge is -2.30. The first-order chi connectivity index (χ1) is 46.3. The highest BCUT2D eigenvalue weighted by Gasteiger charge is 2.66. The summed E-state index contributed by atoms with van der Waals surface area (Å²) >= 11 is 14.8. The van der Waals surface area contributed by atoms with Crippen molar-refractivity contribution in [2.45, 2.75) is 235 Å². The normalized spacial score (nSPS) is 24.0. The third-order valence-corrected chi connectivity index (χ3v) is 20.6. The van der Waals surface area contributed by atoms with Crippen LogP contribution < -0.4 is 25.3 Å². The van der Waals surface area contributed by atoms with Gasteiger partial charge in [-0.15, -0.1) is 0 Å². The largest absolute Gasteiger partial charge is 0.587 e. The molecular formula is C71H86Cl2N11O11P. The van der Waals surface area contributed by atoms with Crippen LogP contribution in [-0.2, 0) is 50.4 Å². The molecular weight excluding hydrogens is 1280 g/mol. The van der Waals surface area contributed by atoms with Gasteiger partial charge in [-0.1, -0.05) is 170 Å². The van der Waals surface area contributed by atoms with E-state index in [9.17, 15) is 15.8 Å². The molecule has 0 radical (unpaired) electrons. The number of aromatic nitrogens is 6. The van der Waals surface area contributed by atoms with Gasteiger partial charge in [-0.3, -0.25) is 4.52 Å². The molecule has 0 spiro atoms. The van der Waals surface area contributed by atoms with E-state index >= 15 is 4.57 Å². The molecule has 0 bridgehead atoms. The molecule has 22 nitrogen and oxygen atoms in total. The average Bonchev–Trinajstić information content (AvgIpc) is 1.57. The number of nitrogen functional groups attached to an aromatic ring is 2. The zero-order valence-corrected chi connectivity index (χ0v) is 57.6. The van der Waals surface area contributed by atoms with Crippen molar-refractivity contribution in [2.24, 2.45) is 0 Å². The summed E-state index contributed by atoms with van der Waals surface area (Å²) in [4.78, 5) is 8.27. The minimum atomic E-state index is -4.97. The summed E-state index contributed by atoms with van der Waals surface area (Å²) < 4.78 is 84.7. The Bertz CT molecular complexity index is 3820. The fourth-order valence-corrected chi connectivity index (χ4v) is 15.6. The monoisotopic (exact) mass is 1370 g/mol. The van der Waals surface area contributed by atoms with Crippen LogP contribution in [0.1, 0.15) is 197 Å².